The molecule has 2 heterocycles. The zero-order valence-electron chi connectivity index (χ0n) is 14.7. The van der Waals surface area contributed by atoms with Gasteiger partial charge in [0.1, 0.15) is 12.7 Å². The van der Waals surface area contributed by atoms with Crippen LogP contribution in [0.5, 0.6) is 23.0 Å². The second kappa shape index (κ2) is 7.54. The number of nitrogens with zero attached hydrogens (tertiary/aromatic N) is 1. The molecule has 0 aliphatic carbocycles. The van der Waals surface area contributed by atoms with Gasteiger partial charge in [-0.1, -0.05) is 23.7 Å². The van der Waals surface area contributed by atoms with Crippen LogP contribution in [0.15, 0.2) is 36.4 Å². The van der Waals surface area contributed by atoms with Crippen molar-refractivity contribution in [3.05, 3.63) is 41.4 Å². The predicted molar refractivity (Wildman–Crippen MR) is 100 cm³/mol. The summed E-state index contributed by atoms with van der Waals surface area (Å²) in [4.78, 5) is 14.2. The first-order valence-electron chi connectivity index (χ1n) is 8.54. The van der Waals surface area contributed by atoms with Gasteiger partial charge in [-0.2, -0.15) is 0 Å². The maximum atomic E-state index is 12.4. The van der Waals surface area contributed by atoms with Gasteiger partial charge in [0.05, 0.1) is 17.3 Å². The molecule has 0 aromatic heterocycles. The van der Waals surface area contributed by atoms with E-state index in [9.17, 15) is 4.79 Å². The first kappa shape index (κ1) is 17.8. The molecule has 142 valence electrons. The van der Waals surface area contributed by atoms with Crippen molar-refractivity contribution in [2.24, 2.45) is 0 Å². The van der Waals surface area contributed by atoms with E-state index in [0.717, 1.165) is 11.5 Å². The number of hydrogen-bond donors (Lipinski definition) is 1. The Kier molecular flexibility index (Phi) is 4.96. The van der Waals surface area contributed by atoms with Crippen LogP contribution in [0.3, 0.4) is 0 Å². The highest BCUT2D eigenvalue weighted by Gasteiger charge is 2.23. The van der Waals surface area contributed by atoms with Crippen LogP contribution in [0.4, 0.5) is 5.69 Å². The molecular weight excluding hydrogens is 372 g/mol. The molecule has 0 unspecified atom stereocenters. The van der Waals surface area contributed by atoms with Crippen LogP contribution in [0, 0.1) is 0 Å². The highest BCUT2D eigenvalue weighted by Crippen LogP contribution is 2.39. The largest absolute Gasteiger partial charge is 0.486 e. The monoisotopic (exact) mass is 390 g/mol. The summed E-state index contributed by atoms with van der Waals surface area (Å²) in [7, 11) is 1.85. The van der Waals surface area contributed by atoms with E-state index in [1.165, 1.54) is 0 Å². The molecule has 4 rings (SSSR count). The number of hydrogen-bond acceptors (Lipinski definition) is 6. The third-order valence-electron chi connectivity index (χ3n) is 4.23. The van der Waals surface area contributed by atoms with Crippen molar-refractivity contribution in [1.82, 2.24) is 4.90 Å². The van der Waals surface area contributed by atoms with E-state index in [2.05, 4.69) is 5.32 Å². The maximum Gasteiger partial charge on any atom is 0.238 e. The van der Waals surface area contributed by atoms with Gasteiger partial charge in [-0.3, -0.25) is 9.69 Å². The summed E-state index contributed by atoms with van der Waals surface area (Å²) < 4.78 is 22.2. The Bertz CT molecular complexity index is 860. The van der Waals surface area contributed by atoms with Gasteiger partial charge in [0.25, 0.3) is 0 Å². The summed E-state index contributed by atoms with van der Waals surface area (Å²) >= 11 is 6.19. The molecule has 8 heteroatoms. The number of carbonyl (C=O) groups excluding carboxylic acids is 1. The average molecular weight is 391 g/mol. The number of carbonyl (C=O) groups is 1. The molecule has 0 fully saturated rings. The summed E-state index contributed by atoms with van der Waals surface area (Å²) in [5, 5.41) is 3.20. The number of likely N-dealkylation sites (N-methyl/N-ethyl adjacent to an activating group) is 1. The Morgan fingerprint density at radius 2 is 1.89 bits per heavy atom. The van der Waals surface area contributed by atoms with E-state index >= 15 is 0 Å². The van der Waals surface area contributed by atoms with E-state index < -0.39 is 0 Å². The third-order valence-corrected chi connectivity index (χ3v) is 4.55. The van der Waals surface area contributed by atoms with Crippen molar-refractivity contribution in [1.29, 1.82) is 0 Å². The Labute approximate surface area is 161 Å². The molecule has 0 spiro atoms. The van der Waals surface area contributed by atoms with Crippen LogP contribution in [-0.2, 0) is 4.79 Å². The quantitative estimate of drug-likeness (QED) is 0.846. The Balaban J connectivity index is 1.31. The lowest BCUT2D eigenvalue weighted by Gasteiger charge is -2.29. The molecule has 2 aromatic rings. The van der Waals surface area contributed by atoms with Gasteiger partial charge in [-0.15, -0.1) is 0 Å². The molecular formula is C19H19ClN2O5. The standard InChI is InChI=1S/C19H19ClN2O5/c1-22(8-12-10-24-15-4-2-3-5-16(15)27-12)9-19(23)21-14-7-18-17(6-13(14)20)25-11-26-18/h2-7,12H,8-11H2,1H3,(H,21,23)/t12-/m1/s1. The molecule has 0 saturated carbocycles. The smallest absolute Gasteiger partial charge is 0.238 e. The molecule has 0 bridgehead atoms. The van der Waals surface area contributed by atoms with Gasteiger partial charge in [0, 0.05) is 18.7 Å². The van der Waals surface area contributed by atoms with Crippen LogP contribution < -0.4 is 24.3 Å². The first-order chi connectivity index (χ1) is 13.1. The number of para-hydroxylation sites is 2. The second-order valence-corrected chi connectivity index (χ2v) is 6.84. The highest BCUT2D eigenvalue weighted by molar-refractivity contribution is 6.34. The van der Waals surface area contributed by atoms with E-state index in [0.29, 0.717) is 35.4 Å². The van der Waals surface area contributed by atoms with Gasteiger partial charge < -0.3 is 24.3 Å². The molecule has 1 amide bonds. The van der Waals surface area contributed by atoms with Crippen LogP contribution in [-0.4, -0.2) is 50.4 Å². The van der Waals surface area contributed by atoms with Crippen LogP contribution in [0.25, 0.3) is 0 Å². The fourth-order valence-electron chi connectivity index (χ4n) is 3.01. The Morgan fingerprint density at radius 1 is 1.15 bits per heavy atom. The van der Waals surface area contributed by atoms with E-state index in [-0.39, 0.29) is 25.3 Å². The number of rotatable bonds is 5. The minimum atomic E-state index is -0.185. The summed E-state index contributed by atoms with van der Waals surface area (Å²) in [6.07, 6.45) is -0.146. The minimum Gasteiger partial charge on any atom is -0.486 e. The van der Waals surface area contributed by atoms with Crippen molar-refractivity contribution in [2.75, 3.05) is 38.9 Å². The van der Waals surface area contributed by atoms with Crippen molar-refractivity contribution in [3.8, 4) is 23.0 Å². The minimum absolute atomic E-state index is 0.146. The summed E-state index contributed by atoms with van der Waals surface area (Å²) in [6, 6.07) is 10.8. The molecule has 1 N–H and O–H groups in total. The number of halogens is 1. The molecule has 2 aromatic carbocycles. The van der Waals surface area contributed by atoms with E-state index in [1.54, 1.807) is 12.1 Å². The van der Waals surface area contributed by atoms with Gasteiger partial charge in [-0.05, 0) is 19.2 Å². The van der Waals surface area contributed by atoms with E-state index in [4.69, 9.17) is 30.5 Å². The third kappa shape index (κ3) is 4.04. The average Bonchev–Trinajstić information content (AvgIpc) is 3.08. The second-order valence-electron chi connectivity index (χ2n) is 6.43. The molecule has 2 aliphatic heterocycles. The van der Waals surface area contributed by atoms with Gasteiger partial charge >= 0.3 is 0 Å². The molecule has 0 radical (unpaired) electrons. The maximum absolute atomic E-state index is 12.4. The number of anilines is 1. The predicted octanol–water partition coefficient (Wildman–Crippen LogP) is 2.78. The molecule has 27 heavy (non-hydrogen) atoms. The lowest BCUT2D eigenvalue weighted by molar-refractivity contribution is -0.117. The fraction of sp³-hybridized carbons (Fsp3) is 0.316. The Morgan fingerprint density at radius 3 is 2.70 bits per heavy atom. The summed E-state index contributed by atoms with van der Waals surface area (Å²) in [5.74, 6) is 2.42. The number of nitrogens with one attached hydrogen (secondary N) is 1. The summed E-state index contributed by atoms with van der Waals surface area (Å²) in [5.41, 5.74) is 0.491. The van der Waals surface area contributed by atoms with Crippen molar-refractivity contribution in [3.63, 3.8) is 0 Å². The van der Waals surface area contributed by atoms with Gasteiger partial charge in [0.2, 0.25) is 12.7 Å². The molecule has 2 aliphatic rings. The van der Waals surface area contributed by atoms with Crippen LogP contribution >= 0.6 is 11.6 Å². The molecule has 0 saturated heterocycles. The van der Waals surface area contributed by atoms with Crippen molar-refractivity contribution in [2.45, 2.75) is 6.10 Å². The topological polar surface area (TPSA) is 69.3 Å². The molecule has 7 nitrogen and oxygen atoms in total. The molecule has 1 atom stereocenters. The summed E-state index contributed by atoms with van der Waals surface area (Å²) in [6.45, 7) is 1.33. The SMILES string of the molecule is CN(CC(=O)Nc1cc2c(cc1Cl)OCO2)C[C@@H]1COc2ccccc2O1. The number of benzene rings is 2. The lowest BCUT2D eigenvalue weighted by atomic mass is 10.2. The van der Waals surface area contributed by atoms with Gasteiger partial charge in [-0.25, -0.2) is 0 Å². The number of ether oxygens (including phenoxy) is 4. The van der Waals surface area contributed by atoms with Crippen LogP contribution in [0.2, 0.25) is 5.02 Å². The fourth-order valence-corrected chi connectivity index (χ4v) is 3.21. The van der Waals surface area contributed by atoms with Crippen molar-refractivity contribution >= 4 is 23.2 Å². The lowest BCUT2D eigenvalue weighted by Crippen LogP contribution is -2.42. The number of fused-ring (bicyclic) bond motifs is 2. The highest BCUT2D eigenvalue weighted by atomic mass is 35.5. The first-order valence-corrected chi connectivity index (χ1v) is 8.92. The zero-order chi connectivity index (χ0) is 18.8. The van der Waals surface area contributed by atoms with E-state index in [1.807, 2.05) is 36.2 Å². The Hall–Kier alpha value is -2.64. The van der Waals surface area contributed by atoms with Crippen LogP contribution in [0.1, 0.15) is 0 Å². The number of amides is 1. The van der Waals surface area contributed by atoms with Gasteiger partial charge in [0.15, 0.2) is 23.0 Å². The normalized spacial score (nSPS) is 17.1. The zero-order valence-corrected chi connectivity index (χ0v) is 15.5. The van der Waals surface area contributed by atoms with Crippen molar-refractivity contribution < 1.29 is 23.7 Å².